The molecule has 36 nitrogen and oxygen atoms in total. The molecule has 502 valence electrons. The summed E-state index contributed by atoms with van der Waals surface area (Å²) in [6, 6.07) is 0. The molecule has 24 N–H and O–H groups in total. The van der Waals surface area contributed by atoms with Crippen LogP contribution in [-0.2, 0) is 86.7 Å². The maximum absolute atomic E-state index is 11.7. The Hall–Kier alpha value is -0.0777. The zero-order valence-electron chi connectivity index (χ0n) is 45.1. The number of aliphatic hydroxyl groups excluding tert-OH is 20. The molecule has 0 aliphatic carbocycles. The predicted molar refractivity (Wildman–Crippen MR) is 269 cm³/mol. The van der Waals surface area contributed by atoms with Crippen LogP contribution in [0.1, 0.15) is 6.42 Å². The largest absolute Gasteiger partial charge is 2.00 e. The molecule has 21 heterocycles. The zero-order valence-corrected chi connectivity index (χ0v) is 48.3. The van der Waals surface area contributed by atoms with Crippen LogP contribution >= 0.6 is 23.5 Å². The smallest absolute Gasteiger partial charge is 0.412 e. The third-order valence-electron chi connectivity index (χ3n) is 15.5. The quantitative estimate of drug-likeness (QED) is 0.0637. The van der Waals surface area contributed by atoms with Crippen molar-refractivity contribution in [3.63, 3.8) is 0 Å². The Morgan fingerprint density at radius 1 is 0.259 bits per heavy atom. The van der Waals surface area contributed by atoms with Gasteiger partial charge in [-0.3, -0.25) is 0 Å². The van der Waals surface area contributed by atoms with Crippen LogP contribution in [0.15, 0.2) is 0 Å². The van der Waals surface area contributed by atoms with Crippen molar-refractivity contribution < 1.29 is 200 Å². The van der Waals surface area contributed by atoms with Crippen LogP contribution in [0, 0.1) is 0 Å². The van der Waals surface area contributed by atoms with E-state index in [0.717, 1.165) is 5.75 Å². The van der Waals surface area contributed by atoms with Gasteiger partial charge in [-0.05, 0) is 24.2 Å². The Balaban J connectivity index is 0.00000440. The molecule has 0 aromatic carbocycles. The molecule has 21 aliphatic rings. The molecule has 21 saturated heterocycles. The van der Waals surface area contributed by atoms with Gasteiger partial charge in [0.25, 0.3) is 0 Å². The molecule has 0 aromatic heterocycles. The van der Waals surface area contributed by atoms with Crippen LogP contribution in [0.4, 0.5) is 0 Å². The van der Waals surface area contributed by atoms with Crippen molar-refractivity contribution >= 4 is 23.5 Å². The standard InChI is InChI=1S/C46H78O34S2.2H2O.Pd/c1-81-3-2-4-82-11-18-39-25(59)32(66)46(73-18)79-38-17(10-52)71-44(30(64)23(38)57)77-36-15(8-50)69-42(28(62)21(36)55)75-34-13(6-48)67-40(26(60)19(34)53)74-33-12(5-47)68-41(27(61)20(33)54)76-35-14(7-49)70-43(29(63)22(35)56)78-37-16(9-51)72-45(80-39)31(65)24(37)58;;;/h12-66H,2-11H2,1H3;2*1H2;/q;;;+2/t12-,13+,14-,15+,16-,17+,18-,19+,20+,21-,22+,23-,24+,25+,26+,27+,28-,29+,30+,31+,32+,33+,34+,35+,36+,37+,38+,39+,40+,41+,42+,43+,44+,45+,46+;;;/m0.../s1. The Labute approximate surface area is 506 Å². The summed E-state index contributed by atoms with van der Waals surface area (Å²) in [7, 11) is 0. The second-order valence-electron chi connectivity index (χ2n) is 20.9. The van der Waals surface area contributed by atoms with Gasteiger partial charge < -0.3 is 179 Å². The average Bonchev–Trinajstić information content (AvgIpc) is 1.52. The average molecular weight is 1380 g/mol. The molecule has 0 saturated carbocycles. The molecule has 85 heavy (non-hydrogen) atoms. The Bertz CT molecular complexity index is 1930. The van der Waals surface area contributed by atoms with E-state index >= 15 is 0 Å². The minimum Gasteiger partial charge on any atom is -0.412 e. The number of aliphatic hydroxyl groups is 20. The number of ether oxygens (including phenoxy) is 14. The maximum Gasteiger partial charge on any atom is 2.00 e. The van der Waals surface area contributed by atoms with Crippen molar-refractivity contribution in [3.05, 3.63) is 0 Å². The summed E-state index contributed by atoms with van der Waals surface area (Å²) in [5.74, 6) is 1.27. The molecule has 21 fully saturated rings. The third kappa shape index (κ3) is 16.1. The van der Waals surface area contributed by atoms with Gasteiger partial charge in [-0.2, -0.15) is 23.5 Å². The first-order valence-electron chi connectivity index (χ1n) is 26.6. The molecular formula is C46H82O36PdS2+2. The molecule has 0 spiro atoms. The van der Waals surface area contributed by atoms with Crippen molar-refractivity contribution in [2.45, 2.75) is 221 Å². The van der Waals surface area contributed by atoms with E-state index in [9.17, 15) is 102 Å². The molecule has 0 unspecified atom stereocenters. The van der Waals surface area contributed by atoms with Crippen molar-refractivity contribution in [3.8, 4) is 0 Å². The number of thioether (sulfide) groups is 2. The van der Waals surface area contributed by atoms with Gasteiger partial charge in [0.2, 0.25) is 0 Å². The summed E-state index contributed by atoms with van der Waals surface area (Å²) in [5.41, 5.74) is 0. The van der Waals surface area contributed by atoms with Crippen LogP contribution in [0.25, 0.3) is 0 Å². The molecular weight excluding hydrogens is 1300 g/mol. The number of hydrogen-bond acceptors (Lipinski definition) is 36. The fourth-order valence-electron chi connectivity index (χ4n) is 10.9. The molecule has 35 atom stereocenters. The van der Waals surface area contributed by atoms with Crippen LogP contribution in [0.2, 0.25) is 0 Å². The zero-order chi connectivity index (χ0) is 59.6. The third-order valence-corrected chi connectivity index (χ3v) is 17.4. The second kappa shape index (κ2) is 33.7. The van der Waals surface area contributed by atoms with Gasteiger partial charge in [-0.25, -0.2) is 0 Å². The fraction of sp³-hybridized carbons (Fsp3) is 1.00. The van der Waals surface area contributed by atoms with E-state index in [0.29, 0.717) is 12.2 Å². The fourth-order valence-corrected chi connectivity index (χ4v) is 12.5. The number of rotatable bonds is 12. The summed E-state index contributed by atoms with van der Waals surface area (Å²) in [4.78, 5) is 0. The monoisotopic (exact) mass is 1380 g/mol. The summed E-state index contributed by atoms with van der Waals surface area (Å²) >= 11 is 2.88. The topological polar surface area (TPSA) is 597 Å². The van der Waals surface area contributed by atoms with E-state index in [1.54, 1.807) is 11.8 Å². The predicted octanol–water partition coefficient (Wildman–Crippen LogP) is -14.4. The molecule has 21 rings (SSSR count). The van der Waals surface area contributed by atoms with Crippen molar-refractivity contribution in [1.29, 1.82) is 0 Å². The second-order valence-corrected chi connectivity index (χ2v) is 23.0. The van der Waals surface area contributed by atoms with Crippen molar-refractivity contribution in [2.24, 2.45) is 0 Å². The van der Waals surface area contributed by atoms with E-state index < -0.39 is 255 Å². The first-order valence-corrected chi connectivity index (χ1v) is 29.1. The van der Waals surface area contributed by atoms with Gasteiger partial charge in [0.1, 0.15) is 165 Å². The maximum atomic E-state index is 11.7. The van der Waals surface area contributed by atoms with E-state index in [2.05, 4.69) is 0 Å². The van der Waals surface area contributed by atoms with Crippen molar-refractivity contribution in [2.75, 3.05) is 63.2 Å². The summed E-state index contributed by atoms with van der Waals surface area (Å²) in [6.07, 6.45) is -65.8. The summed E-state index contributed by atoms with van der Waals surface area (Å²) < 4.78 is 81.3. The molecule has 0 amide bonds. The van der Waals surface area contributed by atoms with Crippen LogP contribution < -0.4 is 0 Å². The van der Waals surface area contributed by atoms with E-state index in [1.807, 2.05) is 6.26 Å². The van der Waals surface area contributed by atoms with Crippen LogP contribution in [0.3, 0.4) is 0 Å². The van der Waals surface area contributed by atoms with Crippen molar-refractivity contribution in [1.82, 2.24) is 0 Å². The Morgan fingerprint density at radius 2 is 0.435 bits per heavy atom. The molecule has 0 aromatic rings. The van der Waals surface area contributed by atoms with Gasteiger partial charge in [-0.15, -0.1) is 0 Å². The van der Waals surface area contributed by atoms with E-state index in [-0.39, 0.29) is 37.1 Å². The van der Waals surface area contributed by atoms with Crippen LogP contribution in [0.5, 0.6) is 0 Å². The summed E-state index contributed by atoms with van der Waals surface area (Å²) in [5, 5.41) is 223. The first-order chi connectivity index (χ1) is 39.2. The Kier molecular flexibility index (Phi) is 30.0. The molecule has 14 bridgehead atoms. The summed E-state index contributed by atoms with van der Waals surface area (Å²) in [6.45, 7) is -6.13. The Morgan fingerprint density at radius 3 is 0.612 bits per heavy atom. The minimum absolute atomic E-state index is 0. The minimum atomic E-state index is -2.20. The van der Waals surface area contributed by atoms with E-state index in [4.69, 9.17) is 66.3 Å². The van der Waals surface area contributed by atoms with Gasteiger partial charge >= 0.3 is 20.4 Å². The number of hydrogen-bond donors (Lipinski definition) is 20. The van der Waals surface area contributed by atoms with Gasteiger partial charge in [0, 0.05) is 5.75 Å². The van der Waals surface area contributed by atoms with Gasteiger partial charge in [-0.1, -0.05) is 0 Å². The normalized spacial score (nSPS) is 50.9. The molecule has 21 aliphatic heterocycles. The first kappa shape index (κ1) is 75.6. The van der Waals surface area contributed by atoms with E-state index in [1.165, 1.54) is 11.8 Å². The molecule has 39 heteroatoms. The molecule has 0 radical (unpaired) electrons. The van der Waals surface area contributed by atoms with Gasteiger partial charge in [0.05, 0.1) is 45.7 Å². The van der Waals surface area contributed by atoms with Gasteiger partial charge in [0.15, 0.2) is 44.0 Å². The van der Waals surface area contributed by atoms with Crippen LogP contribution in [-0.4, -0.2) is 391 Å². The SMILES string of the molecule is CSCCCSC[C@@H]1O[C@@H]2O[C@H]3[C@@H](O)[C@@H](O)[C@@H](O[C@H]4[C@@H](O)[C@H](O)[C@@H](O[C@H]5[C@H](O)[C@@H](O)[C@@H](O[C@H]6[C@H](O)[C@@H](O)[C@@H](O[C@H]7[C@H](O)[C@@H](O)[C@@H](O[C@H]8[C@H](O)[C@@H](O)[C@@H](O[C@H]1[C@H](O)[C@H]2O)O[C@H]8CO)O[C@H]7CO)O[C@H]6CO)O[C@@H]5CO)O[C@@H]4CO)O[C@@H]3CO.O.O.[Pd+2].